The molecule has 1 atom stereocenters. The molecule has 202 valence electrons. The minimum Gasteiger partial charge on any atom is -0.497 e. The third-order valence-electron chi connectivity index (χ3n) is 6.10. The zero-order chi connectivity index (χ0) is 27.3. The van der Waals surface area contributed by atoms with Gasteiger partial charge in [0.25, 0.3) is 0 Å². The van der Waals surface area contributed by atoms with E-state index in [2.05, 4.69) is 9.97 Å². The molecular formula is C27H26F4N2O5. The van der Waals surface area contributed by atoms with E-state index in [4.69, 9.17) is 14.2 Å². The molecule has 0 bridgehead atoms. The van der Waals surface area contributed by atoms with Crippen molar-refractivity contribution in [3.05, 3.63) is 65.7 Å². The zero-order valence-corrected chi connectivity index (χ0v) is 20.5. The molecule has 38 heavy (non-hydrogen) atoms. The molecule has 1 aromatic heterocycles. The Bertz CT molecular complexity index is 1280. The quantitative estimate of drug-likeness (QED) is 0.278. The Morgan fingerprint density at radius 3 is 2.61 bits per heavy atom. The molecular weight excluding hydrogens is 508 g/mol. The number of carbonyl (C=O) groups is 1. The topological polar surface area (TPSA) is 90.8 Å². The van der Waals surface area contributed by atoms with Gasteiger partial charge in [-0.25, -0.2) is 14.4 Å². The van der Waals surface area contributed by atoms with Crippen molar-refractivity contribution >= 4 is 5.97 Å². The van der Waals surface area contributed by atoms with Gasteiger partial charge >= 0.3 is 12.1 Å². The van der Waals surface area contributed by atoms with E-state index in [0.29, 0.717) is 17.4 Å². The van der Waals surface area contributed by atoms with Crippen molar-refractivity contribution in [2.24, 2.45) is 5.92 Å². The largest absolute Gasteiger partial charge is 0.497 e. The molecule has 1 heterocycles. The number of hydrogen-bond acceptors (Lipinski definition) is 6. The van der Waals surface area contributed by atoms with Gasteiger partial charge in [0.2, 0.25) is 5.88 Å². The number of alkyl halides is 3. The Morgan fingerprint density at radius 1 is 1.13 bits per heavy atom. The van der Waals surface area contributed by atoms with Crippen LogP contribution in [0.3, 0.4) is 0 Å². The van der Waals surface area contributed by atoms with Gasteiger partial charge in [-0.3, -0.25) is 4.79 Å². The van der Waals surface area contributed by atoms with E-state index in [0.717, 1.165) is 24.5 Å². The second kappa shape index (κ2) is 11.7. The lowest BCUT2D eigenvalue weighted by Crippen LogP contribution is -2.14. The molecule has 0 spiro atoms. The van der Waals surface area contributed by atoms with Crippen LogP contribution in [0.15, 0.2) is 48.7 Å². The van der Waals surface area contributed by atoms with Crippen LogP contribution in [-0.2, 0) is 11.4 Å². The lowest BCUT2D eigenvalue weighted by atomic mass is 9.91. The molecule has 7 nitrogen and oxygen atoms in total. The summed E-state index contributed by atoms with van der Waals surface area (Å²) >= 11 is 0. The number of carboxylic acids is 1. The van der Waals surface area contributed by atoms with Crippen molar-refractivity contribution in [3.8, 4) is 28.6 Å². The second-order valence-electron chi connectivity index (χ2n) is 8.98. The summed E-state index contributed by atoms with van der Waals surface area (Å²) in [5.41, 5.74) is 0.992. The number of carboxylic acid groups (broad SMARTS) is 1. The minimum absolute atomic E-state index is 0.0283. The van der Waals surface area contributed by atoms with E-state index < -0.39 is 31.0 Å². The van der Waals surface area contributed by atoms with Crippen molar-refractivity contribution in [2.45, 2.75) is 44.4 Å². The molecule has 0 amide bonds. The Morgan fingerprint density at radius 2 is 1.92 bits per heavy atom. The van der Waals surface area contributed by atoms with E-state index in [9.17, 15) is 27.5 Å². The first-order valence-electron chi connectivity index (χ1n) is 12.0. The van der Waals surface area contributed by atoms with E-state index in [-0.39, 0.29) is 41.8 Å². The molecule has 3 aromatic rings. The van der Waals surface area contributed by atoms with Gasteiger partial charge in [0.05, 0.1) is 32.8 Å². The van der Waals surface area contributed by atoms with Gasteiger partial charge in [-0.1, -0.05) is 12.1 Å². The van der Waals surface area contributed by atoms with Gasteiger partial charge in [-0.15, -0.1) is 0 Å². The first-order chi connectivity index (χ1) is 18.1. The van der Waals surface area contributed by atoms with E-state index in [1.165, 1.54) is 25.4 Å². The minimum atomic E-state index is -4.44. The van der Waals surface area contributed by atoms with Gasteiger partial charge in [0.1, 0.15) is 35.3 Å². The fourth-order valence-electron chi connectivity index (χ4n) is 4.07. The van der Waals surface area contributed by atoms with Crippen LogP contribution in [0.2, 0.25) is 0 Å². The monoisotopic (exact) mass is 534 g/mol. The number of nitrogens with zero attached hydrogens (tertiary/aromatic N) is 2. The fourth-order valence-corrected chi connectivity index (χ4v) is 4.07. The highest BCUT2D eigenvalue weighted by Gasteiger charge is 2.34. The first-order valence-corrected chi connectivity index (χ1v) is 12.0. The van der Waals surface area contributed by atoms with Crippen LogP contribution in [0, 0.1) is 11.7 Å². The van der Waals surface area contributed by atoms with E-state index >= 15 is 0 Å². The van der Waals surface area contributed by atoms with Gasteiger partial charge in [0.15, 0.2) is 0 Å². The number of methoxy groups -OCH3 is 1. The molecule has 11 heteroatoms. The van der Waals surface area contributed by atoms with Crippen LogP contribution < -0.4 is 14.2 Å². The number of halogens is 4. The maximum atomic E-state index is 14.6. The normalized spacial score (nSPS) is 14.1. The highest BCUT2D eigenvalue weighted by molar-refractivity contribution is 5.68. The molecule has 0 aliphatic heterocycles. The van der Waals surface area contributed by atoms with Crippen molar-refractivity contribution in [1.82, 2.24) is 9.97 Å². The van der Waals surface area contributed by atoms with Gasteiger partial charge in [-0.05, 0) is 60.6 Å². The summed E-state index contributed by atoms with van der Waals surface area (Å²) in [4.78, 5) is 19.8. The number of aliphatic carboxylic acids is 1. The molecule has 1 saturated carbocycles. The number of benzene rings is 2. The van der Waals surface area contributed by atoms with E-state index in [1.807, 2.05) is 6.07 Å². The molecule has 0 unspecified atom stereocenters. The summed E-state index contributed by atoms with van der Waals surface area (Å²) in [6.45, 7) is -0.824. The van der Waals surface area contributed by atoms with Crippen LogP contribution in [-0.4, -0.2) is 40.9 Å². The predicted molar refractivity (Wildman–Crippen MR) is 129 cm³/mol. The molecule has 0 saturated heterocycles. The number of ether oxygens (including phenoxy) is 3. The van der Waals surface area contributed by atoms with Crippen molar-refractivity contribution in [2.75, 3.05) is 13.7 Å². The third-order valence-corrected chi connectivity index (χ3v) is 6.10. The maximum Gasteiger partial charge on any atom is 0.392 e. The average molecular weight is 535 g/mol. The Labute approximate surface area is 216 Å². The summed E-state index contributed by atoms with van der Waals surface area (Å²) in [6.07, 6.45) is -2.35. The lowest BCUT2D eigenvalue weighted by Gasteiger charge is -2.16. The van der Waals surface area contributed by atoms with Gasteiger partial charge in [-0.2, -0.15) is 13.2 Å². The van der Waals surface area contributed by atoms with Crippen LogP contribution in [0.25, 0.3) is 11.3 Å². The summed E-state index contributed by atoms with van der Waals surface area (Å²) < 4.78 is 68.9. The number of hydrogen-bond donors (Lipinski definition) is 1. The van der Waals surface area contributed by atoms with Crippen molar-refractivity contribution in [1.29, 1.82) is 0 Å². The number of aromatic nitrogens is 2. The van der Waals surface area contributed by atoms with Gasteiger partial charge in [0, 0.05) is 5.56 Å². The first kappa shape index (κ1) is 27.2. The van der Waals surface area contributed by atoms with Crippen LogP contribution in [0.1, 0.15) is 42.9 Å². The molecule has 2 aromatic carbocycles. The van der Waals surface area contributed by atoms with Crippen LogP contribution >= 0.6 is 0 Å². The van der Waals surface area contributed by atoms with E-state index in [1.54, 1.807) is 18.2 Å². The molecule has 1 aliphatic carbocycles. The zero-order valence-electron chi connectivity index (χ0n) is 20.5. The predicted octanol–water partition coefficient (Wildman–Crippen LogP) is 6.17. The molecule has 1 fully saturated rings. The highest BCUT2D eigenvalue weighted by Crippen LogP contribution is 2.45. The molecule has 4 rings (SSSR count). The van der Waals surface area contributed by atoms with Gasteiger partial charge < -0.3 is 19.3 Å². The Kier molecular flexibility index (Phi) is 8.33. The Hall–Kier alpha value is -3.89. The van der Waals surface area contributed by atoms with Crippen LogP contribution in [0.4, 0.5) is 17.6 Å². The highest BCUT2D eigenvalue weighted by atomic mass is 19.4. The second-order valence-corrected chi connectivity index (χ2v) is 8.98. The van der Waals surface area contributed by atoms with Crippen molar-refractivity contribution < 1.29 is 41.7 Å². The molecule has 0 radical (unpaired) electrons. The SMILES string of the molecule is COc1ccc(F)c(-c2ncc(COc3cccc([C@@H](CC(=O)O)C4CC4)c3)nc2OCCC(F)(F)F)c1. The fraction of sp³-hybridized carbons (Fsp3) is 0.370. The average Bonchev–Trinajstić information content (AvgIpc) is 3.71. The summed E-state index contributed by atoms with van der Waals surface area (Å²) in [5, 5.41) is 9.28. The summed E-state index contributed by atoms with van der Waals surface area (Å²) in [7, 11) is 1.40. The standard InChI is InChI=1S/C27H26F4N2O5/c1-36-19-7-8-23(28)22(12-19)25-26(37-10-9-27(29,30)31)33-18(14-32-25)15-38-20-4-2-3-17(11-20)21(13-24(34)35)16-5-6-16/h2-4,7-8,11-12,14,16,21H,5-6,9-10,13,15H2,1H3,(H,34,35)/t21-/m0/s1. The third kappa shape index (κ3) is 7.33. The van der Waals surface area contributed by atoms with Crippen LogP contribution in [0.5, 0.6) is 17.4 Å². The smallest absolute Gasteiger partial charge is 0.392 e. The summed E-state index contributed by atoms with van der Waals surface area (Å²) in [5.74, 6) is -0.796. The maximum absolute atomic E-state index is 14.6. The Balaban J connectivity index is 1.55. The summed E-state index contributed by atoms with van der Waals surface area (Å²) in [6, 6.07) is 11.0. The molecule has 1 aliphatic rings. The molecule has 1 N–H and O–H groups in total. The lowest BCUT2D eigenvalue weighted by molar-refractivity contribution is -0.140. The van der Waals surface area contributed by atoms with Crippen molar-refractivity contribution in [3.63, 3.8) is 0 Å². The number of rotatable bonds is 12.